The number of halogens is 1. The first-order valence-electron chi connectivity index (χ1n) is 7.29. The molecule has 0 saturated carbocycles. The maximum Gasteiger partial charge on any atom is 0.241 e. The quantitative estimate of drug-likeness (QED) is 0.863. The van der Waals surface area contributed by atoms with E-state index >= 15 is 0 Å². The monoisotopic (exact) mass is 295 g/mol. The minimum absolute atomic E-state index is 0.125. The Morgan fingerprint density at radius 1 is 1.48 bits per heavy atom. The Balaban J connectivity index is 1.96. The highest BCUT2D eigenvalue weighted by atomic mass is 19.1. The number of benzene rings is 1. The number of hydrogen-bond acceptors (Lipinski definition) is 4. The van der Waals surface area contributed by atoms with Crippen LogP contribution in [0.3, 0.4) is 0 Å². The molecule has 1 aromatic rings. The predicted octanol–water partition coefficient (Wildman–Crippen LogP) is 1.46. The molecule has 0 aromatic heterocycles. The molecule has 1 fully saturated rings. The Morgan fingerprint density at radius 3 is 2.81 bits per heavy atom. The number of rotatable bonds is 5. The van der Waals surface area contributed by atoms with E-state index in [1.54, 1.807) is 13.0 Å². The molecule has 1 unspecified atom stereocenters. The molecule has 1 aliphatic heterocycles. The van der Waals surface area contributed by atoms with E-state index in [0.717, 1.165) is 26.2 Å². The SMILES string of the molecule is CCOc1ccc(NC(=O)C(C)N2CCNCC2)cc1F. The number of anilines is 1. The van der Waals surface area contributed by atoms with Gasteiger partial charge in [0.15, 0.2) is 11.6 Å². The van der Waals surface area contributed by atoms with Gasteiger partial charge < -0.3 is 15.4 Å². The summed E-state index contributed by atoms with van der Waals surface area (Å²) in [6.45, 7) is 7.52. The zero-order chi connectivity index (χ0) is 15.2. The Morgan fingerprint density at radius 2 is 2.19 bits per heavy atom. The van der Waals surface area contributed by atoms with Crippen LogP contribution >= 0.6 is 0 Å². The summed E-state index contributed by atoms with van der Waals surface area (Å²) < 4.78 is 18.9. The number of carbonyl (C=O) groups is 1. The molecule has 0 spiro atoms. The lowest BCUT2D eigenvalue weighted by atomic mass is 10.2. The average Bonchev–Trinajstić information content (AvgIpc) is 2.50. The molecule has 2 N–H and O–H groups in total. The molecule has 1 atom stereocenters. The lowest BCUT2D eigenvalue weighted by molar-refractivity contribution is -0.120. The molecular weight excluding hydrogens is 273 g/mol. The van der Waals surface area contributed by atoms with Crippen molar-refractivity contribution in [3.63, 3.8) is 0 Å². The molecule has 1 aromatic carbocycles. The number of nitrogens with zero attached hydrogens (tertiary/aromatic N) is 1. The molecule has 1 aliphatic rings. The fraction of sp³-hybridized carbons (Fsp3) is 0.533. The van der Waals surface area contributed by atoms with E-state index in [1.807, 2.05) is 6.92 Å². The first-order valence-corrected chi connectivity index (χ1v) is 7.29. The fourth-order valence-corrected chi connectivity index (χ4v) is 2.33. The van der Waals surface area contributed by atoms with E-state index in [-0.39, 0.29) is 17.7 Å². The smallest absolute Gasteiger partial charge is 0.241 e. The van der Waals surface area contributed by atoms with Crippen LogP contribution in [0.5, 0.6) is 5.75 Å². The highest BCUT2D eigenvalue weighted by Crippen LogP contribution is 2.21. The van der Waals surface area contributed by atoms with Crippen LogP contribution in [0.2, 0.25) is 0 Å². The molecule has 1 amide bonds. The number of carbonyl (C=O) groups excluding carboxylic acids is 1. The molecule has 21 heavy (non-hydrogen) atoms. The number of ether oxygens (including phenoxy) is 1. The number of nitrogens with one attached hydrogen (secondary N) is 2. The summed E-state index contributed by atoms with van der Waals surface area (Å²) >= 11 is 0. The van der Waals surface area contributed by atoms with Crippen molar-refractivity contribution < 1.29 is 13.9 Å². The third-order valence-electron chi connectivity index (χ3n) is 3.58. The van der Waals surface area contributed by atoms with Gasteiger partial charge in [0.05, 0.1) is 12.6 Å². The van der Waals surface area contributed by atoms with E-state index in [2.05, 4.69) is 15.5 Å². The maximum atomic E-state index is 13.7. The van der Waals surface area contributed by atoms with Crippen molar-refractivity contribution in [3.05, 3.63) is 24.0 Å². The van der Waals surface area contributed by atoms with Crippen molar-refractivity contribution in [1.29, 1.82) is 0 Å². The first kappa shape index (κ1) is 15.7. The van der Waals surface area contributed by atoms with Crippen LogP contribution in [-0.2, 0) is 4.79 Å². The van der Waals surface area contributed by atoms with Crippen molar-refractivity contribution in [2.24, 2.45) is 0 Å². The van der Waals surface area contributed by atoms with Gasteiger partial charge in [0.2, 0.25) is 5.91 Å². The number of amides is 1. The van der Waals surface area contributed by atoms with Crippen molar-refractivity contribution >= 4 is 11.6 Å². The molecule has 0 aliphatic carbocycles. The van der Waals surface area contributed by atoms with Crippen molar-refractivity contribution in [2.75, 3.05) is 38.1 Å². The predicted molar refractivity (Wildman–Crippen MR) is 80.1 cm³/mol. The molecule has 1 heterocycles. The Bertz CT molecular complexity index is 490. The molecule has 116 valence electrons. The van der Waals surface area contributed by atoms with Crippen molar-refractivity contribution in [2.45, 2.75) is 19.9 Å². The summed E-state index contributed by atoms with van der Waals surface area (Å²) in [5.74, 6) is -0.393. The number of piperazine rings is 1. The Hall–Kier alpha value is -1.66. The maximum absolute atomic E-state index is 13.7. The third-order valence-corrected chi connectivity index (χ3v) is 3.58. The van der Waals surface area contributed by atoms with Crippen LogP contribution < -0.4 is 15.4 Å². The molecule has 5 nitrogen and oxygen atoms in total. The average molecular weight is 295 g/mol. The zero-order valence-corrected chi connectivity index (χ0v) is 12.5. The minimum Gasteiger partial charge on any atom is -0.491 e. The summed E-state index contributed by atoms with van der Waals surface area (Å²) in [4.78, 5) is 14.3. The highest BCUT2D eigenvalue weighted by molar-refractivity contribution is 5.94. The summed E-state index contributed by atoms with van der Waals surface area (Å²) in [6.07, 6.45) is 0. The molecule has 1 saturated heterocycles. The van der Waals surface area contributed by atoms with Gasteiger partial charge in [-0.2, -0.15) is 0 Å². The second-order valence-corrected chi connectivity index (χ2v) is 5.03. The summed E-state index contributed by atoms with van der Waals surface area (Å²) in [6, 6.07) is 4.23. The highest BCUT2D eigenvalue weighted by Gasteiger charge is 2.22. The van der Waals surface area contributed by atoms with E-state index < -0.39 is 5.82 Å². The van der Waals surface area contributed by atoms with Gasteiger partial charge in [0.25, 0.3) is 0 Å². The summed E-state index contributed by atoms with van der Waals surface area (Å²) in [5, 5.41) is 6.00. The van der Waals surface area contributed by atoms with E-state index in [9.17, 15) is 9.18 Å². The Kier molecular flexibility index (Phi) is 5.52. The van der Waals surface area contributed by atoms with E-state index in [1.165, 1.54) is 12.1 Å². The molecule has 0 bridgehead atoms. The van der Waals surface area contributed by atoms with Crippen LogP contribution in [0.25, 0.3) is 0 Å². The van der Waals surface area contributed by atoms with Crippen molar-refractivity contribution in [1.82, 2.24) is 10.2 Å². The largest absolute Gasteiger partial charge is 0.491 e. The summed E-state index contributed by atoms with van der Waals surface area (Å²) in [7, 11) is 0. The number of hydrogen-bond donors (Lipinski definition) is 2. The van der Waals surface area contributed by atoms with Gasteiger partial charge in [-0.1, -0.05) is 0 Å². The van der Waals surface area contributed by atoms with E-state index in [0.29, 0.717) is 12.3 Å². The van der Waals surface area contributed by atoms with Gasteiger partial charge in [-0.05, 0) is 26.0 Å². The minimum atomic E-state index is -0.468. The van der Waals surface area contributed by atoms with E-state index in [4.69, 9.17) is 4.74 Å². The van der Waals surface area contributed by atoms with Gasteiger partial charge in [-0.3, -0.25) is 9.69 Å². The van der Waals surface area contributed by atoms with Crippen molar-refractivity contribution in [3.8, 4) is 5.75 Å². The van der Waals surface area contributed by atoms with Crippen LogP contribution in [0.1, 0.15) is 13.8 Å². The van der Waals surface area contributed by atoms with Crippen LogP contribution in [0, 0.1) is 5.82 Å². The lowest BCUT2D eigenvalue weighted by Crippen LogP contribution is -2.51. The zero-order valence-electron chi connectivity index (χ0n) is 12.5. The second kappa shape index (κ2) is 7.38. The second-order valence-electron chi connectivity index (χ2n) is 5.03. The molecule has 6 heteroatoms. The van der Waals surface area contributed by atoms with Crippen LogP contribution in [-0.4, -0.2) is 49.6 Å². The molecule has 0 radical (unpaired) electrons. The van der Waals surface area contributed by atoms with Gasteiger partial charge in [0.1, 0.15) is 0 Å². The van der Waals surface area contributed by atoms with Gasteiger partial charge in [-0.15, -0.1) is 0 Å². The molecular formula is C15H22FN3O2. The third kappa shape index (κ3) is 4.15. The van der Waals surface area contributed by atoms with Gasteiger partial charge in [-0.25, -0.2) is 4.39 Å². The fourth-order valence-electron chi connectivity index (χ4n) is 2.33. The van der Waals surface area contributed by atoms with Crippen LogP contribution in [0.15, 0.2) is 18.2 Å². The van der Waals surface area contributed by atoms with Crippen LogP contribution in [0.4, 0.5) is 10.1 Å². The molecule has 2 rings (SSSR count). The first-order chi connectivity index (χ1) is 10.1. The lowest BCUT2D eigenvalue weighted by Gasteiger charge is -2.31. The van der Waals surface area contributed by atoms with Gasteiger partial charge >= 0.3 is 0 Å². The topological polar surface area (TPSA) is 53.6 Å². The summed E-state index contributed by atoms with van der Waals surface area (Å²) in [5.41, 5.74) is 0.447. The normalized spacial score (nSPS) is 17.3. The van der Waals surface area contributed by atoms with Gasteiger partial charge in [0, 0.05) is 37.9 Å². The standard InChI is InChI=1S/C15H22FN3O2/c1-3-21-14-5-4-12(10-13(14)16)18-15(20)11(2)19-8-6-17-7-9-19/h4-5,10-11,17H,3,6-9H2,1-2H3,(H,18,20). The Labute approximate surface area is 124 Å².